The second kappa shape index (κ2) is 8.70. The van der Waals surface area contributed by atoms with Crippen LogP contribution in [0.2, 0.25) is 0 Å². The highest BCUT2D eigenvalue weighted by Gasteiger charge is 2.32. The lowest BCUT2D eigenvalue weighted by molar-refractivity contribution is 0.0997. The van der Waals surface area contributed by atoms with Crippen LogP contribution in [0.4, 0.5) is 17.5 Å². The maximum atomic E-state index is 13.6. The molecule has 4 aromatic heterocycles. The molecule has 5 heterocycles. The van der Waals surface area contributed by atoms with Crippen LogP contribution in [0.1, 0.15) is 27.2 Å². The number of anilines is 3. The maximum absolute atomic E-state index is 13.6. The van der Waals surface area contributed by atoms with E-state index in [0.29, 0.717) is 18.3 Å². The number of rotatable bonds is 5. The first-order valence-electron chi connectivity index (χ1n) is 12.8. The number of hydrogen-bond acceptors (Lipinski definition) is 5. The Hall–Kier alpha value is -5.18. The van der Waals surface area contributed by atoms with Gasteiger partial charge in [-0.25, -0.2) is 9.97 Å². The Morgan fingerprint density at radius 3 is 2.62 bits per heavy atom. The van der Waals surface area contributed by atoms with Gasteiger partial charge in [-0.1, -0.05) is 24.3 Å². The third kappa shape index (κ3) is 3.70. The number of hydrogen-bond donors (Lipinski definition) is 3. The van der Waals surface area contributed by atoms with Crippen LogP contribution in [-0.2, 0) is 13.6 Å². The molecule has 0 unspecified atom stereocenters. The first-order valence-corrected chi connectivity index (χ1v) is 12.8. The molecule has 9 heteroatoms. The van der Waals surface area contributed by atoms with E-state index in [1.165, 1.54) is 0 Å². The maximum Gasteiger partial charge on any atom is 0.259 e. The van der Waals surface area contributed by atoms with E-state index in [9.17, 15) is 4.79 Å². The van der Waals surface area contributed by atoms with E-state index in [1.807, 2.05) is 86.9 Å². The Morgan fingerprint density at radius 1 is 0.974 bits per heavy atom. The van der Waals surface area contributed by atoms with Crippen molar-refractivity contribution in [1.29, 1.82) is 0 Å². The zero-order valence-electron chi connectivity index (χ0n) is 21.8. The average molecular weight is 515 g/mol. The van der Waals surface area contributed by atoms with Gasteiger partial charge in [0.25, 0.3) is 5.91 Å². The molecule has 0 radical (unpaired) electrons. The molecule has 0 saturated heterocycles. The predicted molar refractivity (Wildman–Crippen MR) is 152 cm³/mol. The molecule has 2 aromatic carbocycles. The third-order valence-electron chi connectivity index (χ3n) is 7.42. The number of amides is 1. The van der Waals surface area contributed by atoms with Crippen molar-refractivity contribution in [2.24, 2.45) is 7.05 Å². The number of para-hydroxylation sites is 1. The number of nitrogens with zero attached hydrogens (tertiary/aromatic N) is 5. The van der Waals surface area contributed by atoms with Crippen molar-refractivity contribution < 1.29 is 4.79 Å². The number of benzene rings is 2. The molecule has 1 amide bonds. The minimum atomic E-state index is -0.00239. The van der Waals surface area contributed by atoms with Gasteiger partial charge in [0, 0.05) is 65.2 Å². The zero-order chi connectivity index (χ0) is 26.7. The first kappa shape index (κ1) is 23.0. The van der Waals surface area contributed by atoms with E-state index in [0.717, 1.165) is 61.5 Å². The fourth-order valence-corrected chi connectivity index (χ4v) is 5.35. The van der Waals surface area contributed by atoms with Crippen molar-refractivity contribution in [1.82, 2.24) is 29.7 Å². The molecule has 0 atom stereocenters. The van der Waals surface area contributed by atoms with Gasteiger partial charge in [-0.05, 0) is 49.2 Å². The molecule has 0 spiro atoms. The first-order chi connectivity index (χ1) is 19.0. The van der Waals surface area contributed by atoms with Crippen LogP contribution in [0.25, 0.3) is 33.4 Å². The number of H-pyrrole nitrogens is 2. The van der Waals surface area contributed by atoms with Crippen molar-refractivity contribution in [3.63, 3.8) is 0 Å². The summed E-state index contributed by atoms with van der Waals surface area (Å²) in [4.78, 5) is 31.5. The smallest absolute Gasteiger partial charge is 0.259 e. The van der Waals surface area contributed by atoms with E-state index in [2.05, 4.69) is 37.5 Å². The molecule has 192 valence electrons. The third-order valence-corrected chi connectivity index (χ3v) is 7.42. The van der Waals surface area contributed by atoms with E-state index in [4.69, 9.17) is 4.98 Å². The summed E-state index contributed by atoms with van der Waals surface area (Å²) in [6.07, 6.45) is 5.67. The summed E-state index contributed by atoms with van der Waals surface area (Å²) in [5.41, 5.74) is 9.29. The molecule has 1 aliphatic rings. The van der Waals surface area contributed by atoms with Gasteiger partial charge in [-0.15, -0.1) is 0 Å². The Labute approximate surface area is 224 Å². The second-order valence-electron chi connectivity index (χ2n) is 9.85. The minimum Gasteiger partial charge on any atom is -0.361 e. The van der Waals surface area contributed by atoms with Gasteiger partial charge in [0.2, 0.25) is 5.95 Å². The molecule has 9 nitrogen and oxygen atoms in total. The summed E-state index contributed by atoms with van der Waals surface area (Å²) in [5.74, 6) is 1.16. The van der Waals surface area contributed by atoms with E-state index < -0.39 is 0 Å². The van der Waals surface area contributed by atoms with Crippen molar-refractivity contribution in [2.45, 2.75) is 20.4 Å². The van der Waals surface area contributed by atoms with Crippen LogP contribution in [0.15, 0.2) is 73.2 Å². The molecule has 0 saturated carbocycles. The topological polar surface area (TPSA) is 108 Å². The van der Waals surface area contributed by atoms with E-state index in [1.54, 1.807) is 4.68 Å². The highest BCUT2D eigenvalue weighted by atomic mass is 16.2. The Bertz CT molecular complexity index is 1860. The molecule has 3 N–H and O–H groups in total. The molecule has 6 aromatic rings. The molecular formula is C30H26N8O. The van der Waals surface area contributed by atoms with Gasteiger partial charge >= 0.3 is 0 Å². The molecular weight excluding hydrogens is 488 g/mol. The fourth-order valence-electron chi connectivity index (χ4n) is 5.35. The Balaban J connectivity index is 1.27. The van der Waals surface area contributed by atoms with Gasteiger partial charge in [0.15, 0.2) is 5.82 Å². The van der Waals surface area contributed by atoms with E-state index >= 15 is 0 Å². The predicted octanol–water partition coefficient (Wildman–Crippen LogP) is 5.87. The summed E-state index contributed by atoms with van der Waals surface area (Å²) in [6.45, 7) is 4.49. The van der Waals surface area contributed by atoms with Crippen LogP contribution in [0, 0.1) is 13.8 Å². The highest BCUT2D eigenvalue weighted by Crippen LogP contribution is 2.39. The normalized spacial score (nSPS) is 12.9. The van der Waals surface area contributed by atoms with Crippen molar-refractivity contribution in [3.8, 4) is 22.5 Å². The number of fused-ring (bicyclic) bond motifs is 2. The molecule has 1 aliphatic heterocycles. The van der Waals surface area contributed by atoms with E-state index in [-0.39, 0.29) is 5.91 Å². The largest absolute Gasteiger partial charge is 0.361 e. The molecule has 0 fully saturated rings. The number of aromatic nitrogens is 6. The van der Waals surface area contributed by atoms with Crippen molar-refractivity contribution >= 4 is 34.3 Å². The number of aromatic amines is 2. The number of aryl methyl sites for hydroxylation is 3. The van der Waals surface area contributed by atoms with Crippen LogP contribution in [0.3, 0.4) is 0 Å². The van der Waals surface area contributed by atoms with Crippen molar-refractivity contribution in [2.75, 3.05) is 10.2 Å². The highest BCUT2D eigenvalue weighted by molar-refractivity contribution is 6.15. The van der Waals surface area contributed by atoms with Gasteiger partial charge < -0.3 is 20.2 Å². The number of carbonyl (C=O) groups excluding carboxylic acids is 1. The lowest BCUT2D eigenvalue weighted by Crippen LogP contribution is -2.23. The Morgan fingerprint density at radius 2 is 1.82 bits per heavy atom. The molecule has 7 rings (SSSR count). The van der Waals surface area contributed by atoms with Crippen LogP contribution < -0.4 is 10.2 Å². The number of nitrogens with one attached hydrogen (secondary N) is 3. The number of carbonyl (C=O) groups is 1. The van der Waals surface area contributed by atoms with Gasteiger partial charge in [0.05, 0.1) is 23.4 Å². The summed E-state index contributed by atoms with van der Waals surface area (Å²) in [7, 11) is 1.90. The van der Waals surface area contributed by atoms with Gasteiger partial charge in [0.1, 0.15) is 0 Å². The van der Waals surface area contributed by atoms with Gasteiger partial charge in [-0.3, -0.25) is 9.48 Å². The average Bonchev–Trinajstić information content (AvgIpc) is 3.73. The standard InChI is InChI=1S/C30H26N8O/c1-17-14-33-30(34-26-13-18(2)37(3)36-26)35-27(17)22-15-32-28-20(22)8-5-11-25(28)38-16-23-19(24-10-6-12-31-24)7-4-9-21(23)29(38)39/h4-15,31-32H,16H2,1-3H3,(H,33,34,35,36). The minimum absolute atomic E-state index is 0.00239. The van der Waals surface area contributed by atoms with Crippen LogP contribution in [-0.4, -0.2) is 35.6 Å². The monoisotopic (exact) mass is 514 g/mol. The molecule has 0 aliphatic carbocycles. The summed E-state index contributed by atoms with van der Waals surface area (Å²) < 4.78 is 1.80. The SMILES string of the molecule is Cc1cnc(Nc2cc(C)n(C)n2)nc1-c1c[nH]c2c(N3Cc4c(cccc4-c4ccc[nH]4)C3=O)cccc12. The summed E-state index contributed by atoms with van der Waals surface area (Å²) in [6, 6.07) is 17.9. The molecule has 0 bridgehead atoms. The summed E-state index contributed by atoms with van der Waals surface area (Å²) in [5, 5.41) is 8.65. The zero-order valence-corrected chi connectivity index (χ0v) is 21.8. The quantitative estimate of drug-likeness (QED) is 0.267. The fraction of sp³-hybridized carbons (Fsp3) is 0.133. The second-order valence-corrected chi connectivity index (χ2v) is 9.85. The molecule has 39 heavy (non-hydrogen) atoms. The Kier molecular flexibility index (Phi) is 5.12. The van der Waals surface area contributed by atoms with Crippen molar-refractivity contribution in [3.05, 3.63) is 95.6 Å². The lowest BCUT2D eigenvalue weighted by atomic mass is 10.0. The van der Waals surface area contributed by atoms with Crippen LogP contribution in [0.5, 0.6) is 0 Å². The van der Waals surface area contributed by atoms with Crippen LogP contribution >= 0.6 is 0 Å². The van der Waals surface area contributed by atoms with Gasteiger partial charge in [-0.2, -0.15) is 5.10 Å². The summed E-state index contributed by atoms with van der Waals surface area (Å²) >= 11 is 0. The lowest BCUT2D eigenvalue weighted by Gasteiger charge is -2.17.